The molecule has 0 aliphatic carbocycles. The average Bonchev–Trinajstić information content (AvgIpc) is 2.01. The first-order chi connectivity index (χ1) is 6.34. The summed E-state index contributed by atoms with van der Waals surface area (Å²) >= 11 is 0. The standard InChI is InChI=1S/C8H4F6/c9-6-4(7(10)11)2-1-3-5(6)8(12,13)14/h1-3,7H. The van der Waals surface area contributed by atoms with Crippen molar-refractivity contribution in [3.63, 3.8) is 0 Å². The van der Waals surface area contributed by atoms with Gasteiger partial charge in [-0.2, -0.15) is 13.2 Å². The molecule has 0 aliphatic rings. The monoisotopic (exact) mass is 214 g/mol. The molecule has 0 aromatic heterocycles. The third-order valence-electron chi connectivity index (χ3n) is 1.57. The molecule has 6 heteroatoms. The summed E-state index contributed by atoms with van der Waals surface area (Å²) in [5, 5.41) is 0. The first-order valence-corrected chi connectivity index (χ1v) is 3.48. The van der Waals surface area contributed by atoms with Crippen LogP contribution in [0.15, 0.2) is 18.2 Å². The van der Waals surface area contributed by atoms with Crippen LogP contribution in [0.1, 0.15) is 17.6 Å². The third kappa shape index (κ3) is 2.00. The van der Waals surface area contributed by atoms with Gasteiger partial charge in [-0.15, -0.1) is 0 Å². The molecule has 0 fully saturated rings. The molecular weight excluding hydrogens is 210 g/mol. The maximum absolute atomic E-state index is 12.8. The van der Waals surface area contributed by atoms with Gasteiger partial charge in [-0.05, 0) is 6.07 Å². The minimum Gasteiger partial charge on any atom is -0.206 e. The topological polar surface area (TPSA) is 0 Å². The zero-order valence-corrected chi connectivity index (χ0v) is 6.58. The van der Waals surface area contributed by atoms with Gasteiger partial charge < -0.3 is 0 Å². The molecule has 0 nitrogen and oxygen atoms in total. The molecule has 0 spiro atoms. The van der Waals surface area contributed by atoms with E-state index in [1.807, 2.05) is 0 Å². The van der Waals surface area contributed by atoms with Crippen LogP contribution in [0.3, 0.4) is 0 Å². The van der Waals surface area contributed by atoms with Crippen molar-refractivity contribution in [3.8, 4) is 0 Å². The zero-order valence-electron chi connectivity index (χ0n) is 6.58. The third-order valence-corrected chi connectivity index (χ3v) is 1.57. The normalized spacial score (nSPS) is 12.2. The maximum Gasteiger partial charge on any atom is 0.419 e. The van der Waals surface area contributed by atoms with Crippen molar-refractivity contribution in [1.82, 2.24) is 0 Å². The van der Waals surface area contributed by atoms with Crippen LogP contribution in [0.4, 0.5) is 26.3 Å². The van der Waals surface area contributed by atoms with E-state index >= 15 is 0 Å². The van der Waals surface area contributed by atoms with Gasteiger partial charge in [-0.1, -0.05) is 12.1 Å². The fourth-order valence-corrected chi connectivity index (χ4v) is 0.937. The average molecular weight is 214 g/mol. The summed E-state index contributed by atoms with van der Waals surface area (Å²) < 4.78 is 72.8. The molecule has 14 heavy (non-hydrogen) atoms. The molecule has 1 aromatic carbocycles. The van der Waals surface area contributed by atoms with Crippen molar-refractivity contribution in [1.29, 1.82) is 0 Å². The molecule has 0 N–H and O–H groups in total. The Morgan fingerprint density at radius 1 is 1.07 bits per heavy atom. The van der Waals surface area contributed by atoms with Crippen LogP contribution >= 0.6 is 0 Å². The Balaban J connectivity index is 3.28. The van der Waals surface area contributed by atoms with Gasteiger partial charge in [0.05, 0.1) is 11.1 Å². The number of rotatable bonds is 1. The van der Waals surface area contributed by atoms with Crippen LogP contribution in [0.2, 0.25) is 0 Å². The van der Waals surface area contributed by atoms with Crippen LogP contribution in [-0.4, -0.2) is 0 Å². The van der Waals surface area contributed by atoms with E-state index in [2.05, 4.69) is 0 Å². The number of halogens is 6. The van der Waals surface area contributed by atoms with Crippen molar-refractivity contribution in [2.45, 2.75) is 12.6 Å². The van der Waals surface area contributed by atoms with Crippen molar-refractivity contribution in [2.24, 2.45) is 0 Å². The smallest absolute Gasteiger partial charge is 0.206 e. The highest BCUT2D eigenvalue weighted by atomic mass is 19.4. The molecule has 0 bridgehead atoms. The summed E-state index contributed by atoms with van der Waals surface area (Å²) in [6.45, 7) is 0. The summed E-state index contributed by atoms with van der Waals surface area (Å²) in [5.74, 6) is -1.91. The molecule has 0 atom stereocenters. The zero-order chi connectivity index (χ0) is 10.9. The maximum atomic E-state index is 12.8. The van der Waals surface area contributed by atoms with Crippen LogP contribution in [-0.2, 0) is 6.18 Å². The van der Waals surface area contributed by atoms with Crippen molar-refractivity contribution in [2.75, 3.05) is 0 Å². The van der Waals surface area contributed by atoms with Gasteiger partial charge >= 0.3 is 6.18 Å². The number of hydrogen-bond donors (Lipinski definition) is 0. The van der Waals surface area contributed by atoms with Gasteiger partial charge in [0, 0.05) is 0 Å². The van der Waals surface area contributed by atoms with Gasteiger partial charge in [-0.25, -0.2) is 13.2 Å². The van der Waals surface area contributed by atoms with E-state index in [1.165, 1.54) is 0 Å². The van der Waals surface area contributed by atoms with E-state index in [1.54, 1.807) is 0 Å². The molecule has 0 aliphatic heterocycles. The Morgan fingerprint density at radius 2 is 1.64 bits per heavy atom. The summed E-state index contributed by atoms with van der Waals surface area (Å²) in [4.78, 5) is 0. The van der Waals surface area contributed by atoms with Crippen LogP contribution in [0.25, 0.3) is 0 Å². The Hall–Kier alpha value is -1.20. The fraction of sp³-hybridized carbons (Fsp3) is 0.250. The highest BCUT2D eigenvalue weighted by molar-refractivity contribution is 5.28. The first kappa shape index (κ1) is 10.9. The number of hydrogen-bond acceptors (Lipinski definition) is 0. The van der Waals surface area contributed by atoms with E-state index in [4.69, 9.17) is 0 Å². The molecule has 78 valence electrons. The Bertz CT molecular complexity index is 327. The van der Waals surface area contributed by atoms with E-state index in [0.29, 0.717) is 12.1 Å². The molecule has 0 saturated carbocycles. The van der Waals surface area contributed by atoms with Gasteiger partial charge in [0.25, 0.3) is 6.43 Å². The van der Waals surface area contributed by atoms with Gasteiger partial charge in [0.1, 0.15) is 5.82 Å². The lowest BCUT2D eigenvalue weighted by Crippen LogP contribution is -2.09. The van der Waals surface area contributed by atoms with Crippen LogP contribution in [0, 0.1) is 5.82 Å². The fourth-order valence-electron chi connectivity index (χ4n) is 0.937. The molecule has 0 heterocycles. The predicted octanol–water partition coefficient (Wildman–Crippen LogP) is 3.78. The molecule has 0 amide bonds. The minimum absolute atomic E-state index is 0.418. The molecular formula is C8H4F6. The van der Waals surface area contributed by atoms with Crippen molar-refractivity contribution >= 4 is 0 Å². The summed E-state index contributed by atoms with van der Waals surface area (Å²) in [6, 6.07) is 1.78. The highest BCUT2D eigenvalue weighted by Gasteiger charge is 2.35. The predicted molar refractivity (Wildman–Crippen MR) is 36.4 cm³/mol. The largest absolute Gasteiger partial charge is 0.419 e. The van der Waals surface area contributed by atoms with Gasteiger partial charge in [0.15, 0.2) is 0 Å². The second-order valence-corrected chi connectivity index (χ2v) is 2.51. The molecule has 1 rings (SSSR count). The molecule has 0 saturated heterocycles. The molecule has 1 aromatic rings. The molecule has 0 unspecified atom stereocenters. The van der Waals surface area contributed by atoms with E-state index in [0.717, 1.165) is 6.07 Å². The Labute approximate surface area is 75.2 Å². The van der Waals surface area contributed by atoms with E-state index in [-0.39, 0.29) is 0 Å². The second kappa shape index (κ2) is 3.51. The highest BCUT2D eigenvalue weighted by Crippen LogP contribution is 2.34. The SMILES string of the molecule is Fc1c(C(F)F)cccc1C(F)(F)F. The summed E-state index contributed by atoms with van der Waals surface area (Å²) in [7, 11) is 0. The molecule has 0 radical (unpaired) electrons. The van der Waals surface area contributed by atoms with Gasteiger partial charge in [0.2, 0.25) is 0 Å². The number of benzene rings is 1. The van der Waals surface area contributed by atoms with Gasteiger partial charge in [-0.3, -0.25) is 0 Å². The second-order valence-electron chi connectivity index (χ2n) is 2.51. The first-order valence-electron chi connectivity index (χ1n) is 3.48. The lowest BCUT2D eigenvalue weighted by molar-refractivity contribution is -0.140. The van der Waals surface area contributed by atoms with Crippen molar-refractivity contribution < 1.29 is 26.3 Å². The van der Waals surface area contributed by atoms with Crippen LogP contribution < -0.4 is 0 Å². The van der Waals surface area contributed by atoms with E-state index < -0.39 is 29.5 Å². The quantitative estimate of drug-likeness (QED) is 0.624. The lowest BCUT2D eigenvalue weighted by atomic mass is 10.1. The van der Waals surface area contributed by atoms with Crippen LogP contribution in [0.5, 0.6) is 0 Å². The van der Waals surface area contributed by atoms with E-state index in [9.17, 15) is 26.3 Å². The number of alkyl halides is 5. The summed E-state index contributed by atoms with van der Waals surface area (Å²) in [5.41, 5.74) is -2.91. The van der Waals surface area contributed by atoms with Crippen molar-refractivity contribution in [3.05, 3.63) is 35.1 Å². The Kier molecular flexibility index (Phi) is 2.73. The lowest BCUT2D eigenvalue weighted by Gasteiger charge is -2.10. The minimum atomic E-state index is -4.95. The summed E-state index contributed by atoms with van der Waals surface area (Å²) in [6.07, 6.45) is -8.20. The Morgan fingerprint density at radius 3 is 2.07 bits per heavy atom.